The fourth-order valence-electron chi connectivity index (χ4n) is 1.62. The summed E-state index contributed by atoms with van der Waals surface area (Å²) in [5, 5.41) is 0. The van der Waals surface area contributed by atoms with E-state index < -0.39 is 10.1 Å². The molecular weight excluding hydrogens is 260 g/mol. The summed E-state index contributed by atoms with van der Waals surface area (Å²) in [6.07, 6.45) is 2.74. The SMILES string of the molecule is CS(=O)(=O)O/C(=C/c1ccccc1)c1ccccc1. The van der Waals surface area contributed by atoms with E-state index in [4.69, 9.17) is 4.18 Å². The standard InChI is InChI=1S/C15H14O3S/c1-19(16,17)18-15(14-10-6-3-7-11-14)12-13-8-4-2-5-9-13/h2-12H,1H3/b15-12+. The van der Waals surface area contributed by atoms with Crippen molar-refractivity contribution in [1.29, 1.82) is 0 Å². The maximum atomic E-state index is 11.3. The lowest BCUT2D eigenvalue weighted by atomic mass is 10.1. The third-order valence-corrected chi connectivity index (χ3v) is 2.88. The van der Waals surface area contributed by atoms with Gasteiger partial charge in [-0.05, 0) is 11.6 Å². The topological polar surface area (TPSA) is 43.4 Å². The number of rotatable bonds is 4. The Kier molecular flexibility index (Phi) is 4.02. The third-order valence-electron chi connectivity index (χ3n) is 2.40. The molecular formula is C15H14O3S. The average molecular weight is 274 g/mol. The van der Waals surface area contributed by atoms with Gasteiger partial charge in [0.25, 0.3) is 0 Å². The van der Waals surface area contributed by atoms with Gasteiger partial charge in [-0.15, -0.1) is 0 Å². The van der Waals surface area contributed by atoms with E-state index in [1.165, 1.54) is 0 Å². The Bertz CT molecular complexity index is 659. The highest BCUT2D eigenvalue weighted by Gasteiger charge is 2.09. The van der Waals surface area contributed by atoms with Crippen molar-refractivity contribution in [2.24, 2.45) is 0 Å². The molecule has 0 fully saturated rings. The molecule has 0 atom stereocenters. The lowest BCUT2D eigenvalue weighted by Gasteiger charge is -2.08. The first-order valence-electron chi connectivity index (χ1n) is 5.76. The average Bonchev–Trinajstić information content (AvgIpc) is 2.39. The second-order valence-corrected chi connectivity index (χ2v) is 5.65. The van der Waals surface area contributed by atoms with Crippen LogP contribution >= 0.6 is 0 Å². The monoisotopic (exact) mass is 274 g/mol. The van der Waals surface area contributed by atoms with Crippen LogP contribution in [-0.2, 0) is 14.3 Å². The third kappa shape index (κ3) is 4.26. The summed E-state index contributed by atoms with van der Waals surface area (Å²) >= 11 is 0. The molecule has 0 saturated carbocycles. The molecule has 19 heavy (non-hydrogen) atoms. The molecule has 0 saturated heterocycles. The zero-order valence-electron chi connectivity index (χ0n) is 10.5. The van der Waals surface area contributed by atoms with Crippen molar-refractivity contribution in [1.82, 2.24) is 0 Å². The Morgan fingerprint density at radius 1 is 0.947 bits per heavy atom. The van der Waals surface area contributed by atoms with Crippen LogP contribution in [0.1, 0.15) is 11.1 Å². The van der Waals surface area contributed by atoms with Crippen molar-refractivity contribution in [2.45, 2.75) is 0 Å². The number of benzene rings is 2. The van der Waals surface area contributed by atoms with Crippen LogP contribution in [0.3, 0.4) is 0 Å². The molecule has 3 nitrogen and oxygen atoms in total. The smallest absolute Gasteiger partial charge is 0.306 e. The number of hydrogen-bond donors (Lipinski definition) is 0. The Labute approximate surface area is 113 Å². The lowest BCUT2D eigenvalue weighted by Crippen LogP contribution is -2.02. The Morgan fingerprint density at radius 3 is 2.00 bits per heavy atom. The van der Waals surface area contributed by atoms with Gasteiger partial charge in [0.15, 0.2) is 0 Å². The van der Waals surface area contributed by atoms with Gasteiger partial charge in [0.1, 0.15) is 5.76 Å². The molecule has 0 amide bonds. The summed E-state index contributed by atoms with van der Waals surface area (Å²) in [7, 11) is -3.56. The van der Waals surface area contributed by atoms with Crippen LogP contribution in [0.25, 0.3) is 11.8 Å². The molecule has 2 aromatic rings. The van der Waals surface area contributed by atoms with Gasteiger partial charge >= 0.3 is 10.1 Å². The second kappa shape index (κ2) is 5.71. The summed E-state index contributed by atoms with van der Waals surface area (Å²) in [6, 6.07) is 18.6. The molecule has 0 aliphatic carbocycles. The van der Waals surface area contributed by atoms with Gasteiger partial charge in [0.2, 0.25) is 0 Å². The molecule has 0 radical (unpaired) electrons. The van der Waals surface area contributed by atoms with Crippen molar-refractivity contribution >= 4 is 22.0 Å². The largest absolute Gasteiger partial charge is 0.382 e. The molecule has 0 unspecified atom stereocenters. The molecule has 0 aliphatic heterocycles. The maximum Gasteiger partial charge on any atom is 0.306 e. The van der Waals surface area contributed by atoms with Crippen LogP contribution < -0.4 is 0 Å². The molecule has 0 bridgehead atoms. The highest BCUT2D eigenvalue weighted by molar-refractivity contribution is 7.86. The molecule has 2 rings (SSSR count). The van der Waals surface area contributed by atoms with Gasteiger partial charge in [-0.25, -0.2) is 0 Å². The van der Waals surface area contributed by atoms with E-state index >= 15 is 0 Å². The predicted molar refractivity (Wildman–Crippen MR) is 76.7 cm³/mol. The van der Waals surface area contributed by atoms with E-state index in [0.29, 0.717) is 5.76 Å². The van der Waals surface area contributed by atoms with Crippen LogP contribution in [0, 0.1) is 0 Å². The Balaban J connectivity index is 2.44. The Morgan fingerprint density at radius 2 is 1.47 bits per heavy atom. The minimum Gasteiger partial charge on any atom is -0.382 e. The van der Waals surface area contributed by atoms with Crippen LogP contribution in [0.15, 0.2) is 60.7 Å². The molecule has 0 heterocycles. The summed E-state index contributed by atoms with van der Waals surface area (Å²) in [5.41, 5.74) is 1.60. The highest BCUT2D eigenvalue weighted by atomic mass is 32.2. The van der Waals surface area contributed by atoms with Crippen LogP contribution in [0.2, 0.25) is 0 Å². The van der Waals surface area contributed by atoms with Gasteiger partial charge in [-0.2, -0.15) is 8.42 Å². The molecule has 98 valence electrons. The highest BCUT2D eigenvalue weighted by Crippen LogP contribution is 2.21. The minimum atomic E-state index is -3.56. The van der Waals surface area contributed by atoms with Crippen LogP contribution in [-0.4, -0.2) is 14.7 Å². The molecule has 4 heteroatoms. The van der Waals surface area contributed by atoms with Gasteiger partial charge in [0, 0.05) is 5.56 Å². The fraction of sp³-hybridized carbons (Fsp3) is 0.0667. The maximum absolute atomic E-state index is 11.3. The van der Waals surface area contributed by atoms with Crippen molar-refractivity contribution in [3.8, 4) is 0 Å². The van der Waals surface area contributed by atoms with E-state index in [9.17, 15) is 8.42 Å². The first-order valence-corrected chi connectivity index (χ1v) is 7.58. The normalized spacial score (nSPS) is 12.2. The molecule has 0 spiro atoms. The minimum absolute atomic E-state index is 0.314. The van der Waals surface area contributed by atoms with E-state index in [2.05, 4.69) is 0 Å². The summed E-state index contributed by atoms with van der Waals surface area (Å²) in [4.78, 5) is 0. The summed E-state index contributed by atoms with van der Waals surface area (Å²) < 4.78 is 27.7. The van der Waals surface area contributed by atoms with Crippen LogP contribution in [0.4, 0.5) is 0 Å². The first kappa shape index (κ1) is 13.4. The van der Waals surface area contributed by atoms with Crippen molar-refractivity contribution in [3.05, 3.63) is 71.8 Å². The first-order chi connectivity index (χ1) is 9.04. The van der Waals surface area contributed by atoms with E-state index in [-0.39, 0.29) is 0 Å². The number of hydrogen-bond acceptors (Lipinski definition) is 3. The summed E-state index contributed by atoms with van der Waals surface area (Å²) in [5.74, 6) is 0.314. The van der Waals surface area contributed by atoms with Gasteiger partial charge in [0.05, 0.1) is 6.26 Å². The molecule has 0 aromatic heterocycles. The van der Waals surface area contributed by atoms with Crippen molar-refractivity contribution in [2.75, 3.05) is 6.26 Å². The molecule has 2 aromatic carbocycles. The lowest BCUT2D eigenvalue weighted by molar-refractivity contribution is 0.472. The van der Waals surface area contributed by atoms with Crippen molar-refractivity contribution < 1.29 is 12.6 Å². The van der Waals surface area contributed by atoms with Gasteiger partial charge in [-0.3, -0.25) is 0 Å². The predicted octanol–water partition coefficient (Wildman–Crippen LogP) is 3.16. The molecule has 0 aliphatic rings. The van der Waals surface area contributed by atoms with E-state index in [1.54, 1.807) is 18.2 Å². The van der Waals surface area contributed by atoms with Gasteiger partial charge in [-0.1, -0.05) is 60.7 Å². The Hall–Kier alpha value is -2.07. The second-order valence-electron chi connectivity index (χ2n) is 4.07. The fourth-order valence-corrected chi connectivity index (χ4v) is 2.09. The van der Waals surface area contributed by atoms with E-state index in [1.807, 2.05) is 48.5 Å². The zero-order chi connectivity index (χ0) is 13.7. The van der Waals surface area contributed by atoms with Crippen LogP contribution in [0.5, 0.6) is 0 Å². The van der Waals surface area contributed by atoms with E-state index in [0.717, 1.165) is 17.4 Å². The quantitative estimate of drug-likeness (QED) is 0.488. The van der Waals surface area contributed by atoms with Gasteiger partial charge < -0.3 is 4.18 Å². The summed E-state index contributed by atoms with van der Waals surface area (Å²) in [6.45, 7) is 0. The zero-order valence-corrected chi connectivity index (χ0v) is 11.3. The van der Waals surface area contributed by atoms with Crippen molar-refractivity contribution in [3.63, 3.8) is 0 Å². The molecule has 0 N–H and O–H groups in total.